The number of nitrogens with one attached hydrogen (secondary N) is 1. The molecule has 10 heteroatoms. The number of aromatic amines is 1. The minimum absolute atomic E-state index is 0.0111. The number of nitrogen functional groups attached to an aromatic ring is 1. The molecule has 1 aromatic carbocycles. The summed E-state index contributed by atoms with van der Waals surface area (Å²) in [6.45, 7) is 1.02. The number of rotatable bonds is 4. The number of aromatic nitrogens is 5. The van der Waals surface area contributed by atoms with E-state index in [-0.39, 0.29) is 35.5 Å². The number of benzene rings is 1. The topological polar surface area (TPSA) is 142 Å². The molecule has 2 fully saturated rings. The number of Topliss-reactive ketones (excluding diaryl/α,β-unsaturated/α-hetero) is 1. The Morgan fingerprint density at radius 1 is 1.24 bits per heavy atom. The van der Waals surface area contributed by atoms with Crippen LogP contribution in [0, 0.1) is 0 Å². The van der Waals surface area contributed by atoms with Gasteiger partial charge in [0.05, 0.1) is 34.8 Å². The van der Waals surface area contributed by atoms with E-state index in [9.17, 15) is 14.7 Å². The average molecular weight is 460 g/mol. The highest BCUT2D eigenvalue weighted by atomic mass is 16.3. The third-order valence-electron chi connectivity index (χ3n) is 7.34. The van der Waals surface area contributed by atoms with Gasteiger partial charge in [0, 0.05) is 23.6 Å². The van der Waals surface area contributed by atoms with Crippen molar-refractivity contribution in [1.29, 1.82) is 0 Å². The van der Waals surface area contributed by atoms with Crippen molar-refractivity contribution in [1.82, 2.24) is 29.5 Å². The standard InChI is InChI=1S/C24H25N7O3/c1-12(33)21-22(14-6-15-3-4-16(7-14)30(15)20(34)10-32)29-24-17(9-28-31(24)23(21)25)13-2-5-18-19(8-13)27-11-26-18/h2,5,8-9,11,14-16,32H,3-4,6-7,10,25H2,1H3,(H,26,27)/t14-,15-,16+. The number of nitrogens with two attached hydrogens (primary N) is 1. The van der Waals surface area contributed by atoms with Crippen LogP contribution >= 0.6 is 0 Å². The zero-order valence-corrected chi connectivity index (χ0v) is 18.7. The highest BCUT2D eigenvalue weighted by molar-refractivity contribution is 6.00. The molecule has 0 unspecified atom stereocenters. The van der Waals surface area contributed by atoms with Crippen molar-refractivity contribution < 1.29 is 14.7 Å². The number of nitrogens with zero attached hydrogens (tertiary/aromatic N) is 5. The maximum Gasteiger partial charge on any atom is 0.248 e. The summed E-state index contributed by atoms with van der Waals surface area (Å²) in [6.07, 6.45) is 6.53. The van der Waals surface area contributed by atoms with E-state index in [0.29, 0.717) is 29.7 Å². The van der Waals surface area contributed by atoms with Crippen LogP contribution < -0.4 is 5.73 Å². The van der Waals surface area contributed by atoms with Gasteiger partial charge in [0.1, 0.15) is 12.4 Å². The quantitative estimate of drug-likeness (QED) is 0.397. The van der Waals surface area contributed by atoms with E-state index in [1.54, 1.807) is 12.5 Å². The van der Waals surface area contributed by atoms with Crippen LogP contribution in [0.4, 0.5) is 5.82 Å². The first-order valence-electron chi connectivity index (χ1n) is 11.5. The van der Waals surface area contributed by atoms with E-state index in [2.05, 4.69) is 15.1 Å². The summed E-state index contributed by atoms with van der Waals surface area (Å²) >= 11 is 0. The fourth-order valence-corrected chi connectivity index (χ4v) is 5.88. The van der Waals surface area contributed by atoms with E-state index in [1.165, 1.54) is 11.4 Å². The van der Waals surface area contributed by atoms with E-state index in [1.807, 2.05) is 23.1 Å². The summed E-state index contributed by atoms with van der Waals surface area (Å²) in [5.41, 5.74) is 11.7. The van der Waals surface area contributed by atoms with Gasteiger partial charge in [0.15, 0.2) is 11.4 Å². The molecule has 4 N–H and O–H groups in total. The van der Waals surface area contributed by atoms with Crippen LogP contribution in [0.2, 0.25) is 0 Å². The van der Waals surface area contributed by atoms with E-state index < -0.39 is 6.61 Å². The summed E-state index contributed by atoms with van der Waals surface area (Å²) in [4.78, 5) is 39.2. The van der Waals surface area contributed by atoms with Crippen LogP contribution in [0.5, 0.6) is 0 Å². The predicted octanol–water partition coefficient (Wildman–Crippen LogP) is 2.29. The van der Waals surface area contributed by atoms with Gasteiger partial charge in [0.2, 0.25) is 5.91 Å². The van der Waals surface area contributed by atoms with Gasteiger partial charge in [-0.05, 0) is 50.3 Å². The third kappa shape index (κ3) is 3.02. The fourth-order valence-electron chi connectivity index (χ4n) is 5.88. The number of ketones is 1. The Hall–Kier alpha value is -3.79. The summed E-state index contributed by atoms with van der Waals surface area (Å²) in [7, 11) is 0. The Labute approximate surface area is 194 Å². The van der Waals surface area contributed by atoms with Gasteiger partial charge >= 0.3 is 0 Å². The molecule has 2 saturated heterocycles. The first-order valence-corrected chi connectivity index (χ1v) is 11.5. The molecular weight excluding hydrogens is 434 g/mol. The van der Waals surface area contributed by atoms with Crippen LogP contribution in [-0.2, 0) is 4.79 Å². The second-order valence-electron chi connectivity index (χ2n) is 9.25. The zero-order chi connectivity index (χ0) is 23.6. The maximum absolute atomic E-state index is 12.7. The summed E-state index contributed by atoms with van der Waals surface area (Å²) in [6, 6.07) is 5.98. The van der Waals surface area contributed by atoms with Crippen molar-refractivity contribution in [2.24, 2.45) is 0 Å². The number of piperidine rings is 1. The number of hydrogen-bond acceptors (Lipinski definition) is 7. The van der Waals surface area contributed by atoms with Gasteiger partial charge in [-0.2, -0.15) is 9.61 Å². The molecule has 10 nitrogen and oxygen atoms in total. The SMILES string of the molecule is CC(=O)c1c([C@@H]2C[C@H]3CC[C@@H](C2)N3C(=O)CO)nc2c(-c3ccc4[nH]cnc4c3)cnn2c1N. The zero-order valence-electron chi connectivity index (χ0n) is 18.7. The summed E-state index contributed by atoms with van der Waals surface area (Å²) < 4.78 is 1.53. The highest BCUT2D eigenvalue weighted by Gasteiger charge is 2.44. The lowest BCUT2D eigenvalue weighted by atomic mass is 9.85. The smallest absolute Gasteiger partial charge is 0.248 e. The van der Waals surface area contributed by atoms with Gasteiger partial charge in [-0.3, -0.25) is 9.59 Å². The van der Waals surface area contributed by atoms with Crippen molar-refractivity contribution in [2.45, 2.75) is 50.6 Å². The molecule has 5 heterocycles. The van der Waals surface area contributed by atoms with Crippen LogP contribution in [0.3, 0.4) is 0 Å². The number of fused-ring (bicyclic) bond motifs is 4. The number of carbonyl (C=O) groups excluding carboxylic acids is 2. The lowest BCUT2D eigenvalue weighted by Gasteiger charge is -2.39. The largest absolute Gasteiger partial charge is 0.387 e. The Kier molecular flexibility index (Phi) is 4.66. The second-order valence-corrected chi connectivity index (χ2v) is 9.25. The molecule has 2 bridgehead atoms. The average Bonchev–Trinajstić information content (AvgIpc) is 3.53. The van der Waals surface area contributed by atoms with E-state index in [0.717, 1.165) is 35.0 Å². The molecule has 1 amide bonds. The number of hydrogen-bond donors (Lipinski definition) is 3. The van der Waals surface area contributed by atoms with Crippen molar-refractivity contribution >= 4 is 34.2 Å². The van der Waals surface area contributed by atoms with Crippen LogP contribution in [0.25, 0.3) is 27.8 Å². The second kappa shape index (κ2) is 7.63. The molecule has 0 aliphatic carbocycles. The van der Waals surface area contributed by atoms with Crippen molar-refractivity contribution in [2.75, 3.05) is 12.3 Å². The summed E-state index contributed by atoms with van der Waals surface area (Å²) in [5, 5.41) is 13.8. The van der Waals surface area contributed by atoms with Crippen molar-refractivity contribution in [3.63, 3.8) is 0 Å². The maximum atomic E-state index is 12.7. The number of amides is 1. The normalized spacial score (nSPS) is 22.1. The van der Waals surface area contributed by atoms with Gasteiger partial charge in [-0.25, -0.2) is 9.97 Å². The lowest BCUT2D eigenvalue weighted by Crippen LogP contribution is -2.47. The molecule has 0 saturated carbocycles. The Morgan fingerprint density at radius 2 is 2.00 bits per heavy atom. The first-order chi connectivity index (χ1) is 16.5. The monoisotopic (exact) mass is 459 g/mol. The third-order valence-corrected chi connectivity index (χ3v) is 7.34. The van der Waals surface area contributed by atoms with Crippen LogP contribution in [0.15, 0.2) is 30.7 Å². The number of anilines is 1. The number of carbonyl (C=O) groups is 2. The Bertz CT molecular complexity index is 1440. The van der Waals surface area contributed by atoms with E-state index in [4.69, 9.17) is 10.7 Å². The van der Waals surface area contributed by atoms with Crippen LogP contribution in [0.1, 0.15) is 54.6 Å². The van der Waals surface area contributed by atoms with Crippen molar-refractivity contribution in [3.05, 3.63) is 42.0 Å². The molecular formula is C24H25N7O3. The number of imidazole rings is 1. The van der Waals surface area contributed by atoms with Gasteiger partial charge in [-0.15, -0.1) is 0 Å². The van der Waals surface area contributed by atoms with Gasteiger partial charge in [0.25, 0.3) is 0 Å². The fraction of sp³-hybridized carbons (Fsp3) is 0.375. The van der Waals surface area contributed by atoms with E-state index >= 15 is 0 Å². The molecule has 3 atom stereocenters. The minimum Gasteiger partial charge on any atom is -0.387 e. The first kappa shape index (κ1) is 20.8. The minimum atomic E-state index is -0.479. The molecule has 34 heavy (non-hydrogen) atoms. The predicted molar refractivity (Wildman–Crippen MR) is 125 cm³/mol. The number of H-pyrrole nitrogens is 1. The molecule has 3 aromatic heterocycles. The van der Waals surface area contributed by atoms with Crippen molar-refractivity contribution in [3.8, 4) is 11.1 Å². The number of aliphatic hydroxyl groups is 1. The molecule has 2 aliphatic heterocycles. The van der Waals surface area contributed by atoms with Gasteiger partial charge in [-0.1, -0.05) is 6.07 Å². The lowest BCUT2D eigenvalue weighted by molar-refractivity contribution is -0.138. The Balaban J connectivity index is 1.47. The van der Waals surface area contributed by atoms with Crippen LogP contribution in [-0.4, -0.2) is 65.0 Å². The molecule has 0 radical (unpaired) electrons. The van der Waals surface area contributed by atoms with Gasteiger partial charge < -0.3 is 20.7 Å². The molecule has 2 aliphatic rings. The highest BCUT2D eigenvalue weighted by Crippen LogP contribution is 2.44. The number of aliphatic hydroxyl groups excluding tert-OH is 1. The Morgan fingerprint density at radius 3 is 2.71 bits per heavy atom. The molecule has 6 rings (SSSR count). The molecule has 4 aromatic rings. The summed E-state index contributed by atoms with van der Waals surface area (Å²) in [5.74, 6) is -0.116. The molecule has 0 spiro atoms. The molecule has 174 valence electrons.